The van der Waals surface area contributed by atoms with Gasteiger partial charge in [0.1, 0.15) is 11.6 Å². The van der Waals surface area contributed by atoms with Crippen molar-refractivity contribution in [3.05, 3.63) is 29.8 Å². The molecule has 6 heteroatoms. The average molecular weight is 309 g/mol. The fourth-order valence-electron chi connectivity index (χ4n) is 3.76. The first kappa shape index (κ1) is 14.9. The average Bonchev–Trinajstić information content (AvgIpc) is 2.75. The highest BCUT2D eigenvalue weighted by Gasteiger charge is 2.50. The van der Waals surface area contributed by atoms with E-state index in [9.17, 15) is 23.5 Å². The van der Waals surface area contributed by atoms with Crippen LogP contribution in [0.2, 0.25) is 0 Å². The fourth-order valence-corrected chi connectivity index (χ4v) is 3.76. The molecule has 0 radical (unpaired) electrons. The molecule has 2 fully saturated rings. The quantitative estimate of drug-likeness (QED) is 0.914. The molecule has 118 valence electrons. The lowest BCUT2D eigenvalue weighted by molar-refractivity contribution is -0.145. The van der Waals surface area contributed by atoms with Gasteiger partial charge in [-0.15, -0.1) is 0 Å². The number of nitrogens with zero attached hydrogens (tertiary/aromatic N) is 1. The molecule has 1 saturated carbocycles. The maximum absolute atomic E-state index is 13.4. The van der Waals surface area contributed by atoms with Crippen LogP contribution < -0.4 is 4.90 Å². The molecule has 1 spiro atoms. The van der Waals surface area contributed by atoms with Gasteiger partial charge < -0.3 is 10.0 Å². The van der Waals surface area contributed by atoms with Crippen molar-refractivity contribution in [1.82, 2.24) is 0 Å². The van der Waals surface area contributed by atoms with Gasteiger partial charge in [-0.3, -0.25) is 9.59 Å². The largest absolute Gasteiger partial charge is 0.481 e. The molecule has 0 bridgehead atoms. The molecule has 22 heavy (non-hydrogen) atoms. The number of amides is 1. The molecule has 1 aromatic carbocycles. The van der Waals surface area contributed by atoms with Crippen LogP contribution in [0.1, 0.15) is 32.1 Å². The SMILES string of the molecule is O=C(O)[C@H]1CCC[C@]2(CCN(c3cc(F)cc(F)c3)C2=O)C1. The molecule has 1 amide bonds. The van der Waals surface area contributed by atoms with Crippen molar-refractivity contribution >= 4 is 17.6 Å². The van der Waals surface area contributed by atoms with E-state index in [1.165, 1.54) is 4.90 Å². The summed E-state index contributed by atoms with van der Waals surface area (Å²) in [7, 11) is 0. The van der Waals surface area contributed by atoms with Crippen molar-refractivity contribution in [2.24, 2.45) is 11.3 Å². The summed E-state index contributed by atoms with van der Waals surface area (Å²) < 4.78 is 26.7. The van der Waals surface area contributed by atoms with Crippen molar-refractivity contribution in [3.8, 4) is 0 Å². The van der Waals surface area contributed by atoms with E-state index in [1.807, 2.05) is 0 Å². The zero-order valence-electron chi connectivity index (χ0n) is 12.0. The van der Waals surface area contributed by atoms with E-state index in [0.29, 0.717) is 38.6 Å². The van der Waals surface area contributed by atoms with E-state index < -0.39 is 28.9 Å². The van der Waals surface area contributed by atoms with Crippen molar-refractivity contribution in [3.63, 3.8) is 0 Å². The van der Waals surface area contributed by atoms with E-state index in [0.717, 1.165) is 18.2 Å². The van der Waals surface area contributed by atoms with Gasteiger partial charge in [0.15, 0.2) is 0 Å². The summed E-state index contributed by atoms with van der Waals surface area (Å²) >= 11 is 0. The van der Waals surface area contributed by atoms with Crippen LogP contribution in [0.25, 0.3) is 0 Å². The summed E-state index contributed by atoms with van der Waals surface area (Å²) in [5.41, 5.74) is -0.485. The molecule has 0 unspecified atom stereocenters. The van der Waals surface area contributed by atoms with Crippen LogP contribution >= 0.6 is 0 Å². The minimum absolute atomic E-state index is 0.205. The molecule has 1 N–H and O–H groups in total. The summed E-state index contributed by atoms with van der Waals surface area (Å²) in [6, 6.07) is 3.04. The number of carbonyl (C=O) groups is 2. The first-order valence-electron chi connectivity index (χ1n) is 7.42. The number of halogens is 2. The van der Waals surface area contributed by atoms with Gasteiger partial charge in [-0.1, -0.05) is 6.42 Å². The van der Waals surface area contributed by atoms with Crippen molar-refractivity contribution in [2.75, 3.05) is 11.4 Å². The summed E-state index contributed by atoms with van der Waals surface area (Å²) in [6.45, 7) is 0.369. The van der Waals surface area contributed by atoms with Gasteiger partial charge in [-0.25, -0.2) is 8.78 Å². The number of benzene rings is 1. The third-order valence-electron chi connectivity index (χ3n) is 4.87. The number of carboxylic acid groups (broad SMARTS) is 1. The second kappa shape index (κ2) is 5.34. The highest BCUT2D eigenvalue weighted by molar-refractivity contribution is 6.00. The molecule has 1 aliphatic heterocycles. The van der Waals surface area contributed by atoms with E-state index >= 15 is 0 Å². The van der Waals surface area contributed by atoms with E-state index in [1.54, 1.807) is 0 Å². The van der Waals surface area contributed by atoms with Gasteiger partial charge in [0.05, 0.1) is 11.3 Å². The molecule has 0 aromatic heterocycles. The second-order valence-electron chi connectivity index (χ2n) is 6.25. The maximum atomic E-state index is 13.4. The number of aliphatic carboxylic acids is 1. The number of rotatable bonds is 2. The number of hydrogen-bond acceptors (Lipinski definition) is 2. The Morgan fingerprint density at radius 2 is 1.91 bits per heavy atom. The summed E-state index contributed by atoms with van der Waals surface area (Å²) in [4.78, 5) is 25.4. The molecule has 1 aliphatic carbocycles. The third-order valence-corrected chi connectivity index (χ3v) is 4.87. The zero-order valence-corrected chi connectivity index (χ0v) is 12.0. The fraction of sp³-hybridized carbons (Fsp3) is 0.500. The number of anilines is 1. The van der Waals surface area contributed by atoms with Gasteiger partial charge >= 0.3 is 5.97 Å². The number of carboxylic acids is 1. The minimum atomic E-state index is -0.873. The lowest BCUT2D eigenvalue weighted by atomic mass is 9.68. The van der Waals surface area contributed by atoms with Crippen LogP contribution in [0.3, 0.4) is 0 Å². The Bertz CT molecular complexity index is 614. The van der Waals surface area contributed by atoms with Gasteiger partial charge in [0.2, 0.25) is 5.91 Å². The second-order valence-corrected chi connectivity index (χ2v) is 6.25. The lowest BCUT2D eigenvalue weighted by Crippen LogP contribution is -2.39. The standard InChI is InChI=1S/C16H17F2NO3/c17-11-6-12(18)8-13(7-11)19-5-4-16(15(19)22)3-1-2-10(9-16)14(20)21/h6-8,10H,1-5,9H2,(H,20,21)/t10-,16-/m0/s1. The van der Waals surface area contributed by atoms with Crippen LogP contribution in [0.5, 0.6) is 0 Å². The Hall–Kier alpha value is -1.98. The van der Waals surface area contributed by atoms with Crippen LogP contribution in [0.15, 0.2) is 18.2 Å². The Morgan fingerprint density at radius 1 is 1.23 bits per heavy atom. The molecular formula is C16H17F2NO3. The molecule has 1 saturated heterocycles. The molecular weight excluding hydrogens is 292 g/mol. The third kappa shape index (κ3) is 2.46. The van der Waals surface area contributed by atoms with Crippen LogP contribution in [0.4, 0.5) is 14.5 Å². The molecule has 1 heterocycles. The Balaban J connectivity index is 1.86. The Morgan fingerprint density at radius 3 is 2.55 bits per heavy atom. The van der Waals surface area contributed by atoms with E-state index in [-0.39, 0.29) is 11.6 Å². The summed E-state index contributed by atoms with van der Waals surface area (Å²) in [6.07, 6.45) is 2.76. The minimum Gasteiger partial charge on any atom is -0.481 e. The van der Waals surface area contributed by atoms with E-state index in [4.69, 9.17) is 0 Å². The molecule has 4 nitrogen and oxygen atoms in total. The monoisotopic (exact) mass is 309 g/mol. The molecule has 1 aromatic rings. The van der Waals surface area contributed by atoms with Gasteiger partial charge in [-0.05, 0) is 37.8 Å². The van der Waals surface area contributed by atoms with Gasteiger partial charge in [0, 0.05) is 18.3 Å². The van der Waals surface area contributed by atoms with Crippen LogP contribution in [-0.4, -0.2) is 23.5 Å². The zero-order chi connectivity index (χ0) is 15.9. The van der Waals surface area contributed by atoms with Crippen molar-refractivity contribution in [2.45, 2.75) is 32.1 Å². The number of carbonyl (C=O) groups excluding carboxylic acids is 1. The normalized spacial score (nSPS) is 28.4. The van der Waals surface area contributed by atoms with Crippen molar-refractivity contribution < 1.29 is 23.5 Å². The first-order chi connectivity index (χ1) is 10.4. The first-order valence-corrected chi connectivity index (χ1v) is 7.42. The summed E-state index contributed by atoms with van der Waals surface area (Å²) in [5.74, 6) is -3.04. The van der Waals surface area contributed by atoms with Crippen LogP contribution in [-0.2, 0) is 9.59 Å². The van der Waals surface area contributed by atoms with Gasteiger partial charge in [0.25, 0.3) is 0 Å². The summed E-state index contributed by atoms with van der Waals surface area (Å²) in [5, 5.41) is 9.20. The predicted octanol–water partition coefficient (Wildman–Crippen LogP) is 2.96. The molecule has 2 atom stereocenters. The lowest BCUT2D eigenvalue weighted by Gasteiger charge is -2.34. The smallest absolute Gasteiger partial charge is 0.306 e. The highest BCUT2D eigenvalue weighted by atomic mass is 19.1. The highest BCUT2D eigenvalue weighted by Crippen LogP contribution is 2.48. The Labute approximate surface area is 126 Å². The van der Waals surface area contributed by atoms with Gasteiger partial charge in [-0.2, -0.15) is 0 Å². The van der Waals surface area contributed by atoms with Crippen molar-refractivity contribution in [1.29, 1.82) is 0 Å². The molecule has 3 rings (SSSR count). The molecule has 2 aliphatic rings. The van der Waals surface area contributed by atoms with E-state index in [2.05, 4.69) is 0 Å². The number of hydrogen-bond donors (Lipinski definition) is 1. The Kier molecular flexibility index (Phi) is 3.62. The predicted molar refractivity (Wildman–Crippen MR) is 75.4 cm³/mol. The topological polar surface area (TPSA) is 57.6 Å². The van der Waals surface area contributed by atoms with Crippen LogP contribution in [0, 0.1) is 23.0 Å². The maximum Gasteiger partial charge on any atom is 0.306 e.